The Balaban J connectivity index is 1.94. The van der Waals surface area contributed by atoms with Crippen LogP contribution in [0, 0.1) is 13.8 Å². The zero-order valence-electron chi connectivity index (χ0n) is 15.4. The van der Waals surface area contributed by atoms with Gasteiger partial charge in [-0.25, -0.2) is 4.68 Å². The fraction of sp³-hybridized carbons (Fsp3) is 0.300. The van der Waals surface area contributed by atoms with Crippen molar-refractivity contribution < 1.29 is 9.90 Å². The lowest BCUT2D eigenvalue weighted by Crippen LogP contribution is -2.42. The molecule has 7 heteroatoms. The van der Waals surface area contributed by atoms with Gasteiger partial charge in [0.25, 0.3) is 5.91 Å². The molecule has 1 aromatic carbocycles. The summed E-state index contributed by atoms with van der Waals surface area (Å²) in [5, 5.41) is 18.6. The second-order valence-corrected chi connectivity index (χ2v) is 7.57. The zero-order chi connectivity index (χ0) is 19.9. The van der Waals surface area contributed by atoms with Crippen LogP contribution in [0.3, 0.4) is 0 Å². The number of hydrogen-bond acceptors (Lipinski definition) is 3. The Hall–Kier alpha value is -2.08. The number of hydrogen-bond donors (Lipinski definition) is 2. The third kappa shape index (κ3) is 3.55. The maximum atomic E-state index is 12.9. The van der Waals surface area contributed by atoms with Gasteiger partial charge in [0.2, 0.25) is 0 Å². The number of aliphatic hydroxyl groups is 1. The first-order valence-electron chi connectivity index (χ1n) is 8.57. The maximum absolute atomic E-state index is 12.9. The first-order valence-corrected chi connectivity index (χ1v) is 9.32. The van der Waals surface area contributed by atoms with Crippen LogP contribution in [-0.2, 0) is 0 Å². The lowest BCUT2D eigenvalue weighted by atomic mass is 10.1. The number of nitrogens with one attached hydrogen (secondary N) is 1. The van der Waals surface area contributed by atoms with E-state index in [1.807, 2.05) is 20.8 Å². The maximum Gasteiger partial charge on any atom is 0.272 e. The van der Waals surface area contributed by atoms with Crippen molar-refractivity contribution in [2.45, 2.75) is 39.3 Å². The van der Waals surface area contributed by atoms with Gasteiger partial charge in [-0.1, -0.05) is 41.4 Å². The van der Waals surface area contributed by atoms with Crippen molar-refractivity contribution in [3.05, 3.63) is 69.0 Å². The molecule has 1 amide bonds. The first kappa shape index (κ1) is 19.7. The van der Waals surface area contributed by atoms with E-state index in [9.17, 15) is 9.90 Å². The van der Waals surface area contributed by atoms with Crippen LogP contribution >= 0.6 is 23.2 Å². The van der Waals surface area contributed by atoms with Gasteiger partial charge < -0.3 is 10.4 Å². The van der Waals surface area contributed by atoms with E-state index < -0.39 is 12.1 Å². The Bertz CT molecular complexity index is 962. The predicted octanol–water partition coefficient (Wildman–Crippen LogP) is 4.16. The van der Waals surface area contributed by atoms with E-state index >= 15 is 0 Å². The number of rotatable bonds is 4. The predicted molar refractivity (Wildman–Crippen MR) is 108 cm³/mol. The van der Waals surface area contributed by atoms with E-state index in [1.165, 1.54) is 0 Å². The quantitative estimate of drug-likeness (QED) is 0.801. The summed E-state index contributed by atoms with van der Waals surface area (Å²) < 4.78 is 1.63. The minimum Gasteiger partial charge on any atom is -0.390 e. The van der Waals surface area contributed by atoms with Gasteiger partial charge in [-0.3, -0.25) is 4.79 Å². The highest BCUT2D eigenvalue weighted by molar-refractivity contribution is 6.35. The number of carbonyl (C=O) groups is 1. The van der Waals surface area contributed by atoms with Crippen LogP contribution in [0.5, 0.6) is 0 Å². The molecule has 0 spiro atoms. The van der Waals surface area contributed by atoms with Gasteiger partial charge in [-0.2, -0.15) is 5.10 Å². The molecule has 2 aromatic rings. The second-order valence-electron chi connectivity index (χ2n) is 6.73. The molecule has 5 nitrogen and oxygen atoms in total. The highest BCUT2D eigenvalue weighted by Gasteiger charge is 2.32. The highest BCUT2D eigenvalue weighted by atomic mass is 35.5. The molecule has 0 saturated heterocycles. The molecule has 2 atom stereocenters. The number of carbonyl (C=O) groups excluding carboxylic acids is 1. The number of halogens is 2. The van der Waals surface area contributed by atoms with Crippen LogP contribution < -0.4 is 5.32 Å². The largest absolute Gasteiger partial charge is 0.390 e. The summed E-state index contributed by atoms with van der Waals surface area (Å²) >= 11 is 12.3. The van der Waals surface area contributed by atoms with Crippen molar-refractivity contribution >= 4 is 29.1 Å². The van der Waals surface area contributed by atoms with Crippen LogP contribution in [0.1, 0.15) is 35.1 Å². The summed E-state index contributed by atoms with van der Waals surface area (Å²) in [5.74, 6) is -0.350. The van der Waals surface area contributed by atoms with Crippen molar-refractivity contribution in [2.75, 3.05) is 0 Å². The zero-order valence-corrected chi connectivity index (χ0v) is 16.9. The summed E-state index contributed by atoms with van der Waals surface area (Å²) in [5.41, 5.74) is 4.35. The van der Waals surface area contributed by atoms with E-state index in [2.05, 4.69) is 17.0 Å². The fourth-order valence-electron chi connectivity index (χ4n) is 3.39. The smallest absolute Gasteiger partial charge is 0.272 e. The molecule has 0 unspecified atom stereocenters. The molecular weight excluding hydrogens is 385 g/mol. The Morgan fingerprint density at radius 1 is 1.37 bits per heavy atom. The normalized spacial score (nSPS) is 19.5. The Kier molecular flexibility index (Phi) is 5.47. The lowest BCUT2D eigenvalue weighted by Gasteiger charge is -2.18. The summed E-state index contributed by atoms with van der Waals surface area (Å²) in [6, 6.07) is 4.62. The van der Waals surface area contributed by atoms with Gasteiger partial charge in [-0.15, -0.1) is 0 Å². The molecule has 0 radical (unpaired) electrons. The average Bonchev–Trinajstić information content (AvgIpc) is 3.04. The monoisotopic (exact) mass is 405 g/mol. The van der Waals surface area contributed by atoms with Crippen molar-refractivity contribution in [3.8, 4) is 5.69 Å². The minimum atomic E-state index is -0.670. The Labute approximate surface area is 168 Å². The number of benzene rings is 1. The number of amides is 1. The molecular formula is C20H21Cl2N3O2. The molecule has 1 aliphatic rings. The molecule has 1 heterocycles. The molecule has 0 bridgehead atoms. The average molecular weight is 406 g/mol. The van der Waals surface area contributed by atoms with Crippen LogP contribution in [0.25, 0.3) is 5.69 Å². The van der Waals surface area contributed by atoms with E-state index in [4.69, 9.17) is 23.2 Å². The van der Waals surface area contributed by atoms with Gasteiger partial charge in [0.15, 0.2) is 5.69 Å². The molecule has 27 heavy (non-hydrogen) atoms. The van der Waals surface area contributed by atoms with Crippen LogP contribution in [0.15, 0.2) is 42.0 Å². The van der Waals surface area contributed by atoms with Crippen molar-refractivity contribution in [1.82, 2.24) is 15.1 Å². The fourth-order valence-corrected chi connectivity index (χ4v) is 3.88. The standard InChI is InChI=1S/C20H21Cl2N3O2/c1-5-14-10(2)8-17(26)19(14)23-20(27)18-11(3)12(4)25(24-18)16-7-6-13(21)9-15(16)22/h5-7,9,17,19,26H,1,8H2,2-4H3,(H,23,27)/t17-,19+/m0/s1. The van der Waals surface area contributed by atoms with Crippen LogP contribution in [0.4, 0.5) is 0 Å². The summed E-state index contributed by atoms with van der Waals surface area (Å²) in [4.78, 5) is 12.9. The van der Waals surface area contributed by atoms with Gasteiger partial charge >= 0.3 is 0 Å². The SMILES string of the molecule is C=CC1=C(C)C[C@H](O)[C@@H]1NC(=O)c1nn(-c2ccc(Cl)cc2Cl)c(C)c1C. The van der Waals surface area contributed by atoms with Gasteiger partial charge in [0.05, 0.1) is 22.9 Å². The topological polar surface area (TPSA) is 67.2 Å². The van der Waals surface area contributed by atoms with Gasteiger partial charge in [0.1, 0.15) is 0 Å². The van der Waals surface area contributed by atoms with Gasteiger partial charge in [-0.05, 0) is 51.0 Å². The molecule has 0 saturated carbocycles. The molecule has 3 rings (SSSR count). The summed E-state index contributed by atoms with van der Waals surface area (Å²) in [7, 11) is 0. The van der Waals surface area contributed by atoms with E-state index in [0.29, 0.717) is 27.8 Å². The molecule has 1 aliphatic carbocycles. The number of aromatic nitrogens is 2. The summed E-state index contributed by atoms with van der Waals surface area (Å²) in [6.45, 7) is 9.41. The highest BCUT2D eigenvalue weighted by Crippen LogP contribution is 2.29. The van der Waals surface area contributed by atoms with Gasteiger partial charge in [0, 0.05) is 16.3 Å². The Morgan fingerprint density at radius 3 is 2.70 bits per heavy atom. The summed E-state index contributed by atoms with van der Waals surface area (Å²) in [6.07, 6.45) is 1.52. The Morgan fingerprint density at radius 2 is 2.07 bits per heavy atom. The van der Waals surface area contributed by atoms with Crippen LogP contribution in [-0.4, -0.2) is 32.9 Å². The van der Waals surface area contributed by atoms with E-state index in [0.717, 1.165) is 22.4 Å². The third-order valence-corrected chi connectivity index (χ3v) is 5.54. The molecule has 142 valence electrons. The van der Waals surface area contributed by atoms with Crippen molar-refractivity contribution in [1.29, 1.82) is 0 Å². The number of aliphatic hydroxyl groups excluding tert-OH is 1. The van der Waals surface area contributed by atoms with Crippen molar-refractivity contribution in [2.24, 2.45) is 0 Å². The van der Waals surface area contributed by atoms with E-state index in [1.54, 1.807) is 29.0 Å². The number of nitrogens with zero attached hydrogens (tertiary/aromatic N) is 2. The second kappa shape index (κ2) is 7.50. The lowest BCUT2D eigenvalue weighted by molar-refractivity contribution is 0.0879. The van der Waals surface area contributed by atoms with Crippen molar-refractivity contribution in [3.63, 3.8) is 0 Å². The first-order chi connectivity index (χ1) is 12.7. The molecule has 0 aliphatic heterocycles. The third-order valence-electron chi connectivity index (χ3n) is 5.00. The van der Waals surface area contributed by atoms with Crippen LogP contribution in [0.2, 0.25) is 10.0 Å². The molecule has 2 N–H and O–H groups in total. The minimum absolute atomic E-state index is 0.290. The molecule has 1 aromatic heterocycles. The van der Waals surface area contributed by atoms with E-state index in [-0.39, 0.29) is 5.91 Å². The molecule has 0 fully saturated rings.